The molecule has 0 fully saturated rings. The molecule has 0 saturated carbocycles. The monoisotopic (exact) mass is 442 g/mol. The van der Waals surface area contributed by atoms with Crippen molar-refractivity contribution in [1.29, 1.82) is 0 Å². The summed E-state index contributed by atoms with van der Waals surface area (Å²) in [4.78, 5) is 24.6. The van der Waals surface area contributed by atoms with Crippen molar-refractivity contribution in [3.8, 4) is 11.5 Å². The van der Waals surface area contributed by atoms with Gasteiger partial charge < -0.3 is 24.5 Å². The fraction of sp³-hybridized carbons (Fsp3) is 0.0769. The lowest BCUT2D eigenvalue weighted by molar-refractivity contribution is -0.118. The van der Waals surface area contributed by atoms with Crippen molar-refractivity contribution in [1.82, 2.24) is 0 Å². The molecule has 0 spiro atoms. The molecule has 7 nitrogen and oxygen atoms in total. The largest absolute Gasteiger partial charge is 0.493 e. The van der Waals surface area contributed by atoms with E-state index in [9.17, 15) is 9.59 Å². The van der Waals surface area contributed by atoms with Crippen LogP contribution >= 0.6 is 0 Å². The van der Waals surface area contributed by atoms with Gasteiger partial charge in [-0.25, -0.2) is 0 Å². The second-order valence-electron chi connectivity index (χ2n) is 7.08. The molecule has 0 aliphatic carbocycles. The van der Waals surface area contributed by atoms with Crippen molar-refractivity contribution in [2.75, 3.05) is 24.4 Å². The maximum absolute atomic E-state index is 12.3. The van der Waals surface area contributed by atoms with Crippen molar-refractivity contribution in [2.24, 2.45) is 0 Å². The molecule has 0 saturated heterocycles. The summed E-state index contributed by atoms with van der Waals surface area (Å²) in [6.45, 7) is -0.183. The first-order valence-electron chi connectivity index (χ1n) is 10.2. The lowest BCUT2D eigenvalue weighted by Crippen LogP contribution is -2.20. The van der Waals surface area contributed by atoms with Gasteiger partial charge in [0.05, 0.1) is 7.11 Å². The van der Waals surface area contributed by atoms with Crippen LogP contribution in [-0.2, 0) is 9.59 Å². The lowest BCUT2D eigenvalue weighted by Gasteiger charge is -2.11. The molecular weight excluding hydrogens is 420 g/mol. The van der Waals surface area contributed by atoms with Crippen LogP contribution in [0.5, 0.6) is 11.5 Å². The molecule has 7 heteroatoms. The second-order valence-corrected chi connectivity index (χ2v) is 7.08. The standard InChI is InChI=1S/C26H22N2O5/c1-31-23-11-4-5-12-24(23)32-17-26(30)28-20-9-6-8-19(16-20)27-25(29)14-13-21-15-18-7-2-3-10-22(18)33-21/h2-16H,17H2,1H3,(H,27,29)(H,28,30). The number of nitrogens with one attached hydrogen (secondary N) is 2. The van der Waals surface area contributed by atoms with Gasteiger partial charge in [0.25, 0.3) is 5.91 Å². The number of methoxy groups -OCH3 is 1. The highest BCUT2D eigenvalue weighted by atomic mass is 16.5. The molecule has 33 heavy (non-hydrogen) atoms. The number of carbonyl (C=O) groups excluding carboxylic acids is 2. The van der Waals surface area contributed by atoms with E-state index >= 15 is 0 Å². The molecule has 2 amide bonds. The van der Waals surface area contributed by atoms with Gasteiger partial charge in [-0.2, -0.15) is 0 Å². The number of furan rings is 1. The van der Waals surface area contributed by atoms with Gasteiger partial charge in [0.2, 0.25) is 5.91 Å². The number of hydrogen-bond donors (Lipinski definition) is 2. The fourth-order valence-electron chi connectivity index (χ4n) is 3.18. The van der Waals surface area contributed by atoms with E-state index in [1.54, 1.807) is 48.5 Å². The Labute approximate surface area is 190 Å². The van der Waals surface area contributed by atoms with E-state index in [4.69, 9.17) is 13.9 Å². The number of hydrogen-bond acceptors (Lipinski definition) is 5. The number of para-hydroxylation sites is 3. The van der Waals surface area contributed by atoms with E-state index < -0.39 is 0 Å². The predicted octanol–water partition coefficient (Wildman–Crippen LogP) is 5.11. The van der Waals surface area contributed by atoms with Crippen LogP contribution in [0.4, 0.5) is 11.4 Å². The van der Waals surface area contributed by atoms with Crippen molar-refractivity contribution < 1.29 is 23.5 Å². The third-order valence-electron chi connectivity index (χ3n) is 4.69. The molecule has 4 rings (SSSR count). The molecule has 0 radical (unpaired) electrons. The van der Waals surface area contributed by atoms with Crippen LogP contribution < -0.4 is 20.1 Å². The van der Waals surface area contributed by atoms with Gasteiger partial charge >= 0.3 is 0 Å². The summed E-state index contributed by atoms with van der Waals surface area (Å²) in [5.41, 5.74) is 1.83. The third kappa shape index (κ3) is 5.80. The van der Waals surface area contributed by atoms with Gasteiger partial charge in [-0.05, 0) is 48.5 Å². The summed E-state index contributed by atoms with van der Waals surface area (Å²) < 4.78 is 16.4. The summed E-state index contributed by atoms with van der Waals surface area (Å²) in [5.74, 6) is 0.952. The molecule has 0 bridgehead atoms. The van der Waals surface area contributed by atoms with E-state index in [1.165, 1.54) is 13.2 Å². The lowest BCUT2D eigenvalue weighted by atomic mass is 10.2. The second kappa shape index (κ2) is 10.2. The van der Waals surface area contributed by atoms with Crippen molar-refractivity contribution >= 4 is 40.2 Å². The molecule has 166 valence electrons. The Morgan fingerprint density at radius 1 is 0.879 bits per heavy atom. The summed E-state index contributed by atoms with van der Waals surface area (Å²) in [5, 5.41) is 6.48. The summed E-state index contributed by atoms with van der Waals surface area (Å²) in [7, 11) is 1.54. The fourth-order valence-corrected chi connectivity index (χ4v) is 3.18. The van der Waals surface area contributed by atoms with Crippen molar-refractivity contribution in [2.45, 2.75) is 0 Å². The Morgan fingerprint density at radius 2 is 1.61 bits per heavy atom. The molecule has 0 aliphatic heterocycles. The van der Waals surface area contributed by atoms with Gasteiger partial charge in [0, 0.05) is 22.8 Å². The Morgan fingerprint density at radius 3 is 2.39 bits per heavy atom. The average Bonchev–Trinajstić information content (AvgIpc) is 3.25. The van der Waals surface area contributed by atoms with E-state index in [1.807, 2.05) is 36.4 Å². The Hall–Kier alpha value is -4.52. The van der Waals surface area contributed by atoms with Crippen LogP contribution in [0.1, 0.15) is 5.76 Å². The first-order chi connectivity index (χ1) is 16.1. The number of fused-ring (bicyclic) bond motifs is 1. The number of rotatable bonds is 8. The quantitative estimate of drug-likeness (QED) is 0.370. The summed E-state index contributed by atoms with van der Waals surface area (Å²) in [6, 6.07) is 23.4. The maximum atomic E-state index is 12.3. The molecule has 1 aromatic heterocycles. The zero-order valence-corrected chi connectivity index (χ0v) is 17.9. The molecule has 2 N–H and O–H groups in total. The minimum absolute atomic E-state index is 0.183. The topological polar surface area (TPSA) is 89.8 Å². The normalized spacial score (nSPS) is 10.8. The molecule has 3 aromatic carbocycles. The van der Waals surface area contributed by atoms with E-state index in [2.05, 4.69) is 10.6 Å². The number of carbonyl (C=O) groups is 2. The van der Waals surface area contributed by atoms with Gasteiger partial charge in [-0.1, -0.05) is 36.4 Å². The number of ether oxygens (including phenoxy) is 2. The first kappa shape index (κ1) is 21.7. The Balaban J connectivity index is 1.32. The SMILES string of the molecule is COc1ccccc1OCC(=O)Nc1cccc(NC(=O)C=Cc2cc3ccccc3o2)c1. The van der Waals surface area contributed by atoms with Crippen LogP contribution in [-0.4, -0.2) is 25.5 Å². The van der Waals surface area contributed by atoms with Crippen molar-refractivity contribution in [3.05, 3.63) is 90.7 Å². The van der Waals surface area contributed by atoms with Crippen LogP contribution in [0.2, 0.25) is 0 Å². The summed E-state index contributed by atoms with van der Waals surface area (Å²) in [6.07, 6.45) is 3.00. The molecular formula is C26H22N2O5. The molecule has 0 aliphatic rings. The number of anilines is 2. The zero-order valence-electron chi connectivity index (χ0n) is 17.9. The van der Waals surface area contributed by atoms with Crippen LogP contribution in [0.3, 0.4) is 0 Å². The van der Waals surface area contributed by atoms with Crippen LogP contribution in [0.15, 0.2) is 89.4 Å². The first-order valence-corrected chi connectivity index (χ1v) is 10.2. The minimum atomic E-state index is -0.339. The molecule has 0 unspecified atom stereocenters. The summed E-state index contributed by atoms with van der Waals surface area (Å²) >= 11 is 0. The molecule has 4 aromatic rings. The van der Waals surface area contributed by atoms with E-state index in [0.29, 0.717) is 28.6 Å². The highest BCUT2D eigenvalue weighted by molar-refractivity contribution is 6.02. The van der Waals surface area contributed by atoms with Crippen LogP contribution in [0.25, 0.3) is 17.0 Å². The zero-order chi connectivity index (χ0) is 23.0. The maximum Gasteiger partial charge on any atom is 0.262 e. The molecule has 0 atom stereocenters. The van der Waals surface area contributed by atoms with Crippen LogP contribution in [0, 0.1) is 0 Å². The van der Waals surface area contributed by atoms with Gasteiger partial charge in [-0.3, -0.25) is 9.59 Å². The number of amides is 2. The predicted molar refractivity (Wildman–Crippen MR) is 127 cm³/mol. The van der Waals surface area contributed by atoms with Gasteiger partial charge in [0.15, 0.2) is 18.1 Å². The minimum Gasteiger partial charge on any atom is -0.493 e. The Kier molecular flexibility index (Phi) is 6.70. The highest BCUT2D eigenvalue weighted by Crippen LogP contribution is 2.25. The average molecular weight is 442 g/mol. The third-order valence-corrected chi connectivity index (χ3v) is 4.69. The highest BCUT2D eigenvalue weighted by Gasteiger charge is 2.08. The Bertz CT molecular complexity index is 1280. The van der Waals surface area contributed by atoms with Crippen molar-refractivity contribution in [3.63, 3.8) is 0 Å². The molecule has 1 heterocycles. The van der Waals surface area contributed by atoms with E-state index in [-0.39, 0.29) is 18.4 Å². The van der Waals surface area contributed by atoms with Gasteiger partial charge in [0.1, 0.15) is 11.3 Å². The van der Waals surface area contributed by atoms with E-state index in [0.717, 1.165) is 11.0 Å². The number of benzene rings is 3. The van der Waals surface area contributed by atoms with Gasteiger partial charge in [-0.15, -0.1) is 0 Å². The smallest absolute Gasteiger partial charge is 0.262 e.